The molecule has 1 atom stereocenters. The van der Waals surface area contributed by atoms with Crippen LogP contribution in [0.5, 0.6) is 0 Å². The molecule has 88 valence electrons. The topological polar surface area (TPSA) is 49.2 Å². The second kappa shape index (κ2) is 5.57. The molecular weight excluding hydrogens is 226 g/mol. The number of aliphatic hydroxyl groups excluding tert-OH is 1. The van der Waals surface area contributed by atoms with Gasteiger partial charge in [0.05, 0.1) is 18.1 Å². The van der Waals surface area contributed by atoms with Crippen molar-refractivity contribution >= 4 is 11.6 Å². The minimum Gasteiger partial charge on any atom is -0.396 e. The van der Waals surface area contributed by atoms with E-state index in [1.54, 1.807) is 12.4 Å². The summed E-state index contributed by atoms with van der Waals surface area (Å²) >= 11 is 5.68. The molecule has 0 saturated carbocycles. The Morgan fingerprint density at radius 1 is 1.44 bits per heavy atom. The first-order valence-corrected chi connectivity index (χ1v) is 5.95. The lowest BCUT2D eigenvalue weighted by atomic mass is 9.99. The fourth-order valence-electron chi connectivity index (χ4n) is 2.09. The molecule has 0 bridgehead atoms. The van der Waals surface area contributed by atoms with Crippen molar-refractivity contribution in [3.05, 3.63) is 23.2 Å². The molecular formula is C11H16ClN3O. The Morgan fingerprint density at radius 3 is 3.00 bits per heavy atom. The maximum absolute atomic E-state index is 9.14. The lowest BCUT2D eigenvalue weighted by Crippen LogP contribution is -2.36. The number of rotatable bonds is 3. The fraction of sp³-hybridized carbons (Fsp3) is 0.636. The van der Waals surface area contributed by atoms with Crippen LogP contribution >= 0.6 is 11.6 Å². The van der Waals surface area contributed by atoms with Crippen LogP contribution in [0.1, 0.15) is 18.5 Å². The highest BCUT2D eigenvalue weighted by Crippen LogP contribution is 2.17. The van der Waals surface area contributed by atoms with Crippen LogP contribution in [0.3, 0.4) is 0 Å². The number of piperidine rings is 1. The van der Waals surface area contributed by atoms with Gasteiger partial charge in [0, 0.05) is 19.7 Å². The van der Waals surface area contributed by atoms with Crippen LogP contribution in [0.4, 0.5) is 0 Å². The summed E-state index contributed by atoms with van der Waals surface area (Å²) in [4.78, 5) is 10.5. The highest BCUT2D eigenvalue weighted by Gasteiger charge is 2.19. The summed E-state index contributed by atoms with van der Waals surface area (Å²) in [6.07, 6.45) is 5.56. The third-order valence-electron chi connectivity index (χ3n) is 2.92. The number of nitrogens with zero attached hydrogens (tertiary/aromatic N) is 3. The van der Waals surface area contributed by atoms with Gasteiger partial charge in [0.2, 0.25) is 0 Å². The Kier molecular flexibility index (Phi) is 4.09. The molecule has 2 heterocycles. The van der Waals surface area contributed by atoms with E-state index < -0.39 is 0 Å². The molecule has 1 aromatic rings. The van der Waals surface area contributed by atoms with Crippen LogP contribution < -0.4 is 0 Å². The first-order chi connectivity index (χ1) is 7.78. The average Bonchev–Trinajstić information content (AvgIpc) is 2.32. The van der Waals surface area contributed by atoms with Gasteiger partial charge in [0.25, 0.3) is 0 Å². The number of halogens is 1. The van der Waals surface area contributed by atoms with Gasteiger partial charge in [-0.1, -0.05) is 11.6 Å². The summed E-state index contributed by atoms with van der Waals surface area (Å²) in [6.45, 7) is 3.09. The van der Waals surface area contributed by atoms with E-state index in [0.717, 1.165) is 38.2 Å². The molecule has 0 amide bonds. The van der Waals surface area contributed by atoms with Crippen molar-refractivity contribution in [1.29, 1.82) is 0 Å². The quantitative estimate of drug-likeness (QED) is 0.868. The van der Waals surface area contributed by atoms with Gasteiger partial charge in [-0.15, -0.1) is 0 Å². The van der Waals surface area contributed by atoms with Gasteiger partial charge in [0.15, 0.2) is 0 Å². The maximum atomic E-state index is 9.14. The maximum Gasteiger partial charge on any atom is 0.147 e. The molecule has 16 heavy (non-hydrogen) atoms. The zero-order valence-corrected chi connectivity index (χ0v) is 9.90. The number of likely N-dealkylation sites (tertiary alicyclic amines) is 1. The molecule has 1 unspecified atom stereocenters. The second-order valence-corrected chi connectivity index (χ2v) is 4.64. The minimum absolute atomic E-state index is 0.281. The number of aromatic nitrogens is 2. The predicted molar refractivity (Wildman–Crippen MR) is 62.1 cm³/mol. The summed E-state index contributed by atoms with van der Waals surface area (Å²) in [5.41, 5.74) is 0.933. The van der Waals surface area contributed by atoms with Crippen molar-refractivity contribution < 1.29 is 5.11 Å². The minimum atomic E-state index is 0.281. The molecule has 0 spiro atoms. The van der Waals surface area contributed by atoms with Crippen molar-refractivity contribution in [1.82, 2.24) is 14.9 Å². The smallest absolute Gasteiger partial charge is 0.147 e. The van der Waals surface area contributed by atoms with E-state index in [0.29, 0.717) is 11.1 Å². The molecule has 1 aliphatic rings. The number of aliphatic hydroxyl groups is 1. The van der Waals surface area contributed by atoms with Crippen molar-refractivity contribution in [3.63, 3.8) is 0 Å². The highest BCUT2D eigenvalue weighted by atomic mass is 35.5. The standard InChI is InChI=1S/C11H16ClN3O/c12-11-5-13-10(4-14-11)7-15-3-1-2-9(6-15)8-16/h4-5,9,16H,1-3,6-8H2. The zero-order valence-electron chi connectivity index (χ0n) is 9.14. The van der Waals surface area contributed by atoms with Gasteiger partial charge in [-0.3, -0.25) is 9.88 Å². The monoisotopic (exact) mass is 241 g/mol. The summed E-state index contributed by atoms with van der Waals surface area (Å²) in [6, 6.07) is 0. The zero-order chi connectivity index (χ0) is 11.4. The molecule has 1 aliphatic heterocycles. The van der Waals surface area contributed by atoms with E-state index in [1.165, 1.54) is 0 Å². The number of hydrogen-bond acceptors (Lipinski definition) is 4. The van der Waals surface area contributed by atoms with Gasteiger partial charge in [0.1, 0.15) is 5.15 Å². The summed E-state index contributed by atoms with van der Waals surface area (Å²) < 4.78 is 0. The molecule has 0 aromatic carbocycles. The van der Waals surface area contributed by atoms with Crippen LogP contribution in [0.15, 0.2) is 12.4 Å². The van der Waals surface area contributed by atoms with Crippen molar-refractivity contribution in [2.45, 2.75) is 19.4 Å². The van der Waals surface area contributed by atoms with Gasteiger partial charge < -0.3 is 5.11 Å². The summed E-state index contributed by atoms with van der Waals surface area (Å²) in [5, 5.41) is 9.57. The molecule has 1 fully saturated rings. The van der Waals surface area contributed by atoms with E-state index in [9.17, 15) is 0 Å². The van der Waals surface area contributed by atoms with Gasteiger partial charge in [-0.25, -0.2) is 4.98 Å². The Hall–Kier alpha value is -0.710. The Bertz CT molecular complexity index is 331. The SMILES string of the molecule is OCC1CCCN(Cc2cnc(Cl)cn2)C1. The van der Waals surface area contributed by atoms with Gasteiger partial charge >= 0.3 is 0 Å². The molecule has 0 aliphatic carbocycles. The first-order valence-electron chi connectivity index (χ1n) is 5.57. The summed E-state index contributed by atoms with van der Waals surface area (Å²) in [7, 11) is 0. The third-order valence-corrected chi connectivity index (χ3v) is 3.12. The molecule has 0 radical (unpaired) electrons. The first kappa shape index (κ1) is 11.8. The highest BCUT2D eigenvalue weighted by molar-refractivity contribution is 6.29. The van der Waals surface area contributed by atoms with Crippen molar-refractivity contribution in [2.24, 2.45) is 5.92 Å². The second-order valence-electron chi connectivity index (χ2n) is 4.26. The van der Waals surface area contributed by atoms with Crippen molar-refractivity contribution in [3.8, 4) is 0 Å². The van der Waals surface area contributed by atoms with Crippen LogP contribution in [-0.4, -0.2) is 39.7 Å². The molecule has 1 saturated heterocycles. The van der Waals surface area contributed by atoms with Crippen LogP contribution in [0.25, 0.3) is 0 Å². The molecule has 2 rings (SSSR count). The lowest BCUT2D eigenvalue weighted by Gasteiger charge is -2.31. The average molecular weight is 242 g/mol. The van der Waals surface area contributed by atoms with Crippen LogP contribution in [0.2, 0.25) is 5.15 Å². The fourth-order valence-corrected chi connectivity index (χ4v) is 2.19. The number of hydrogen-bond donors (Lipinski definition) is 1. The van der Waals surface area contributed by atoms with Gasteiger partial charge in [-0.2, -0.15) is 0 Å². The van der Waals surface area contributed by atoms with Crippen LogP contribution in [-0.2, 0) is 6.54 Å². The third kappa shape index (κ3) is 3.14. The molecule has 5 heteroatoms. The van der Waals surface area contributed by atoms with Gasteiger partial charge in [-0.05, 0) is 25.3 Å². The Labute approximate surface area is 100 Å². The van der Waals surface area contributed by atoms with E-state index in [-0.39, 0.29) is 6.61 Å². The normalized spacial score (nSPS) is 22.2. The Morgan fingerprint density at radius 2 is 2.31 bits per heavy atom. The summed E-state index contributed by atoms with van der Waals surface area (Å²) in [5.74, 6) is 0.411. The van der Waals surface area contributed by atoms with E-state index in [4.69, 9.17) is 16.7 Å². The van der Waals surface area contributed by atoms with Crippen LogP contribution in [0, 0.1) is 5.92 Å². The van der Waals surface area contributed by atoms with E-state index in [2.05, 4.69) is 14.9 Å². The van der Waals surface area contributed by atoms with E-state index >= 15 is 0 Å². The Balaban J connectivity index is 1.91. The lowest BCUT2D eigenvalue weighted by molar-refractivity contribution is 0.115. The molecule has 4 nitrogen and oxygen atoms in total. The predicted octanol–water partition coefficient (Wildman–Crippen LogP) is 1.33. The van der Waals surface area contributed by atoms with Crippen molar-refractivity contribution in [2.75, 3.05) is 19.7 Å². The molecule has 1 aromatic heterocycles. The van der Waals surface area contributed by atoms with E-state index in [1.807, 2.05) is 0 Å². The molecule has 1 N–H and O–H groups in total. The largest absolute Gasteiger partial charge is 0.396 e.